The zero-order valence-corrected chi connectivity index (χ0v) is 9.49. The monoisotopic (exact) mass is 222 g/mol. The maximum absolute atomic E-state index is 11.4. The minimum Gasteiger partial charge on any atom is -0.396 e. The van der Waals surface area contributed by atoms with Crippen LogP contribution in [0.2, 0.25) is 0 Å². The third kappa shape index (κ3) is 4.42. The number of aliphatic hydroxyl groups excluding tert-OH is 1. The summed E-state index contributed by atoms with van der Waals surface area (Å²) in [7, 11) is 1.82. The van der Waals surface area contributed by atoms with Gasteiger partial charge in [0.25, 0.3) is 0 Å². The molecule has 3 N–H and O–H groups in total. The normalized spacial score (nSPS) is 10.1. The molecule has 1 aromatic carbocycles. The van der Waals surface area contributed by atoms with Crippen LogP contribution in [0.3, 0.4) is 0 Å². The van der Waals surface area contributed by atoms with Crippen molar-refractivity contribution in [1.29, 1.82) is 0 Å². The molecule has 0 heterocycles. The van der Waals surface area contributed by atoms with Crippen molar-refractivity contribution in [2.24, 2.45) is 0 Å². The third-order valence-corrected chi connectivity index (χ3v) is 2.24. The molecule has 0 spiro atoms. The van der Waals surface area contributed by atoms with Gasteiger partial charge in [-0.2, -0.15) is 0 Å². The summed E-state index contributed by atoms with van der Waals surface area (Å²) in [6.45, 7) is 0.822. The Morgan fingerprint density at radius 2 is 2.00 bits per heavy atom. The van der Waals surface area contributed by atoms with E-state index in [0.29, 0.717) is 19.4 Å². The van der Waals surface area contributed by atoms with E-state index in [2.05, 4.69) is 10.6 Å². The summed E-state index contributed by atoms with van der Waals surface area (Å²) in [5.41, 5.74) is 1.86. The Morgan fingerprint density at radius 1 is 1.31 bits per heavy atom. The van der Waals surface area contributed by atoms with Gasteiger partial charge in [0.15, 0.2) is 0 Å². The molecule has 88 valence electrons. The fourth-order valence-electron chi connectivity index (χ4n) is 1.35. The molecule has 1 rings (SSSR count). The number of amides is 1. The Bertz CT molecular complexity index is 322. The topological polar surface area (TPSA) is 61.4 Å². The van der Waals surface area contributed by atoms with E-state index in [1.165, 1.54) is 0 Å². The molecule has 0 aliphatic heterocycles. The molecular formula is C12H18N2O2. The first kappa shape index (κ1) is 12.7. The second-order valence-corrected chi connectivity index (χ2v) is 3.57. The summed E-state index contributed by atoms with van der Waals surface area (Å²) in [5.74, 6) is 0.00394. The second kappa shape index (κ2) is 6.98. The molecule has 16 heavy (non-hydrogen) atoms. The van der Waals surface area contributed by atoms with Crippen LogP contribution >= 0.6 is 0 Å². The van der Waals surface area contributed by atoms with Crippen molar-refractivity contribution < 1.29 is 9.90 Å². The summed E-state index contributed by atoms with van der Waals surface area (Å²) in [6.07, 6.45) is 1.11. The highest BCUT2D eigenvalue weighted by Gasteiger charge is 2.01. The molecule has 1 aromatic rings. The van der Waals surface area contributed by atoms with E-state index in [4.69, 9.17) is 5.11 Å². The third-order valence-electron chi connectivity index (χ3n) is 2.24. The number of nitrogens with one attached hydrogen (secondary N) is 2. The highest BCUT2D eigenvalue weighted by molar-refractivity contribution is 5.90. The predicted octanol–water partition coefficient (Wildman–Crippen LogP) is 0.769. The molecule has 4 nitrogen and oxygen atoms in total. The molecule has 0 radical (unpaired) electrons. The lowest BCUT2D eigenvalue weighted by Gasteiger charge is -2.05. The van der Waals surface area contributed by atoms with Crippen LogP contribution in [-0.2, 0) is 11.2 Å². The van der Waals surface area contributed by atoms with Crippen LogP contribution in [0.1, 0.15) is 12.0 Å². The fourth-order valence-corrected chi connectivity index (χ4v) is 1.35. The van der Waals surface area contributed by atoms with Crippen molar-refractivity contribution in [3.05, 3.63) is 29.8 Å². The number of carbonyl (C=O) groups is 1. The lowest BCUT2D eigenvalue weighted by atomic mass is 10.1. The van der Waals surface area contributed by atoms with Crippen molar-refractivity contribution >= 4 is 11.6 Å². The number of aliphatic hydroxyl groups is 1. The minimum absolute atomic E-state index is 0.00394. The van der Waals surface area contributed by atoms with Crippen molar-refractivity contribution in [2.45, 2.75) is 12.8 Å². The van der Waals surface area contributed by atoms with E-state index >= 15 is 0 Å². The lowest BCUT2D eigenvalue weighted by molar-refractivity contribution is -0.116. The Labute approximate surface area is 95.7 Å². The number of benzene rings is 1. The minimum atomic E-state index is 0.00394. The first-order valence-electron chi connectivity index (χ1n) is 5.40. The Kier molecular flexibility index (Phi) is 5.53. The van der Waals surface area contributed by atoms with Crippen LogP contribution in [0, 0.1) is 0 Å². The molecule has 0 saturated carbocycles. The van der Waals surface area contributed by atoms with E-state index in [1.54, 1.807) is 0 Å². The van der Waals surface area contributed by atoms with E-state index in [-0.39, 0.29) is 12.5 Å². The number of carbonyl (C=O) groups excluding carboxylic acids is 1. The van der Waals surface area contributed by atoms with Gasteiger partial charge in [-0.3, -0.25) is 4.79 Å². The highest BCUT2D eigenvalue weighted by Crippen LogP contribution is 2.10. The van der Waals surface area contributed by atoms with Gasteiger partial charge >= 0.3 is 0 Å². The first-order chi connectivity index (χ1) is 7.76. The Balaban J connectivity index is 2.45. The maximum Gasteiger partial charge on any atom is 0.225 e. The summed E-state index contributed by atoms with van der Waals surface area (Å²) in [6, 6.07) is 7.51. The molecule has 0 saturated heterocycles. The summed E-state index contributed by atoms with van der Waals surface area (Å²) in [4.78, 5) is 11.4. The average molecular weight is 222 g/mol. The standard InChI is InChI=1S/C12H18N2O2/c1-13-8-6-12(16)14-11-4-2-10(3-5-11)7-9-15/h2-5,13,15H,6-9H2,1H3,(H,14,16). The van der Waals surface area contributed by atoms with Gasteiger partial charge < -0.3 is 15.7 Å². The number of hydrogen-bond donors (Lipinski definition) is 3. The van der Waals surface area contributed by atoms with Crippen LogP contribution in [0.5, 0.6) is 0 Å². The van der Waals surface area contributed by atoms with E-state index in [1.807, 2.05) is 31.3 Å². The van der Waals surface area contributed by atoms with Gasteiger partial charge in [-0.1, -0.05) is 12.1 Å². The smallest absolute Gasteiger partial charge is 0.225 e. The van der Waals surface area contributed by atoms with Gasteiger partial charge in [0.1, 0.15) is 0 Å². The van der Waals surface area contributed by atoms with E-state index < -0.39 is 0 Å². The summed E-state index contributed by atoms with van der Waals surface area (Å²) >= 11 is 0. The summed E-state index contributed by atoms with van der Waals surface area (Å²) in [5, 5.41) is 14.5. The SMILES string of the molecule is CNCCC(=O)Nc1ccc(CCO)cc1. The van der Waals surface area contributed by atoms with Crippen LogP contribution in [0.15, 0.2) is 24.3 Å². The van der Waals surface area contributed by atoms with Crippen molar-refractivity contribution in [3.8, 4) is 0 Å². The Morgan fingerprint density at radius 3 is 2.56 bits per heavy atom. The van der Waals surface area contributed by atoms with Gasteiger partial charge in [0.05, 0.1) is 0 Å². The van der Waals surface area contributed by atoms with Crippen LogP contribution < -0.4 is 10.6 Å². The lowest BCUT2D eigenvalue weighted by Crippen LogP contribution is -2.18. The number of anilines is 1. The zero-order chi connectivity index (χ0) is 11.8. The number of hydrogen-bond acceptors (Lipinski definition) is 3. The molecule has 0 aliphatic carbocycles. The highest BCUT2D eigenvalue weighted by atomic mass is 16.2. The van der Waals surface area contributed by atoms with Gasteiger partial charge in [0, 0.05) is 25.3 Å². The Hall–Kier alpha value is -1.39. The molecule has 1 amide bonds. The van der Waals surface area contributed by atoms with Crippen LogP contribution in [0.4, 0.5) is 5.69 Å². The maximum atomic E-state index is 11.4. The molecule has 0 aromatic heterocycles. The summed E-state index contributed by atoms with van der Waals surface area (Å²) < 4.78 is 0. The van der Waals surface area contributed by atoms with Crippen molar-refractivity contribution in [3.63, 3.8) is 0 Å². The molecule has 0 bridgehead atoms. The predicted molar refractivity (Wildman–Crippen MR) is 64.4 cm³/mol. The molecule has 0 fully saturated rings. The molecule has 0 aliphatic rings. The molecule has 4 heteroatoms. The van der Waals surface area contributed by atoms with Crippen LogP contribution in [-0.4, -0.2) is 31.2 Å². The van der Waals surface area contributed by atoms with E-state index in [0.717, 1.165) is 11.3 Å². The largest absolute Gasteiger partial charge is 0.396 e. The zero-order valence-electron chi connectivity index (χ0n) is 9.49. The molecule has 0 unspecified atom stereocenters. The first-order valence-corrected chi connectivity index (χ1v) is 5.40. The van der Waals surface area contributed by atoms with Crippen LogP contribution in [0.25, 0.3) is 0 Å². The second-order valence-electron chi connectivity index (χ2n) is 3.57. The van der Waals surface area contributed by atoms with Gasteiger partial charge in [-0.15, -0.1) is 0 Å². The molecule has 0 atom stereocenters. The van der Waals surface area contributed by atoms with Gasteiger partial charge in [-0.05, 0) is 31.2 Å². The van der Waals surface area contributed by atoms with Gasteiger partial charge in [-0.25, -0.2) is 0 Å². The molecular weight excluding hydrogens is 204 g/mol. The number of rotatable bonds is 6. The van der Waals surface area contributed by atoms with E-state index in [9.17, 15) is 4.79 Å². The average Bonchev–Trinajstić information content (AvgIpc) is 2.29. The quantitative estimate of drug-likeness (QED) is 0.666. The van der Waals surface area contributed by atoms with Crippen molar-refractivity contribution in [2.75, 3.05) is 25.5 Å². The van der Waals surface area contributed by atoms with Gasteiger partial charge in [0.2, 0.25) is 5.91 Å². The fraction of sp³-hybridized carbons (Fsp3) is 0.417. The van der Waals surface area contributed by atoms with Crippen molar-refractivity contribution in [1.82, 2.24) is 5.32 Å².